The number of methoxy groups -OCH3 is 1. The number of anilines is 1. The van der Waals surface area contributed by atoms with E-state index in [0.717, 1.165) is 0 Å². The number of nitrogens with zero attached hydrogens (tertiary/aromatic N) is 7. The van der Waals surface area contributed by atoms with Crippen LogP contribution in [0.3, 0.4) is 0 Å². The summed E-state index contributed by atoms with van der Waals surface area (Å²) in [7, 11) is -1.23. The van der Waals surface area contributed by atoms with Gasteiger partial charge in [-0.05, 0) is 54.6 Å². The number of ether oxygens (including phenoxy) is 1. The lowest BCUT2D eigenvalue weighted by Gasteiger charge is -2.25. The van der Waals surface area contributed by atoms with Gasteiger partial charge in [-0.2, -0.15) is 12.8 Å². The first kappa shape index (κ1) is 22.6. The molecule has 0 saturated carbocycles. The Morgan fingerprint density at radius 1 is 1.15 bits per heavy atom. The molecule has 1 saturated heterocycles. The molecule has 1 aliphatic rings. The number of hydrazine groups is 1. The number of aromatic nitrogens is 4. The molecule has 1 unspecified atom stereocenters. The van der Waals surface area contributed by atoms with E-state index in [0.29, 0.717) is 23.6 Å². The SMILES string of the molecule is CCn1nnnc1-c1ccc(OC)c(S(=O)(=O)N=C2C(=O)N(c3ccccc3)N(C)C2C)c1. The molecule has 1 atom stereocenters. The molecule has 12 heteroatoms. The highest BCUT2D eigenvalue weighted by Crippen LogP contribution is 2.32. The van der Waals surface area contributed by atoms with Crippen LogP contribution in [-0.2, 0) is 21.4 Å². The molecule has 33 heavy (non-hydrogen) atoms. The Bertz CT molecular complexity index is 1320. The van der Waals surface area contributed by atoms with E-state index in [1.165, 1.54) is 24.3 Å². The summed E-state index contributed by atoms with van der Waals surface area (Å²) in [5, 5.41) is 14.6. The van der Waals surface area contributed by atoms with Crippen molar-refractivity contribution in [2.75, 3.05) is 19.2 Å². The van der Waals surface area contributed by atoms with Gasteiger partial charge < -0.3 is 4.74 Å². The standard InChI is InChI=1S/C21H23N7O4S/c1-5-27-20(22-24-25-27)15-11-12-17(32-4)18(13-15)33(30,31)23-19-14(2)26(3)28(21(19)29)16-9-7-6-8-10-16/h6-14H,5H2,1-4H3. The zero-order valence-corrected chi connectivity index (χ0v) is 19.4. The second-order valence-corrected chi connectivity index (χ2v) is 8.91. The van der Waals surface area contributed by atoms with Crippen molar-refractivity contribution in [2.45, 2.75) is 31.3 Å². The lowest BCUT2D eigenvalue weighted by Crippen LogP contribution is -2.38. The molecule has 4 rings (SSSR count). The summed E-state index contributed by atoms with van der Waals surface area (Å²) < 4.78 is 37.5. The monoisotopic (exact) mass is 469 g/mol. The Morgan fingerprint density at radius 3 is 2.55 bits per heavy atom. The van der Waals surface area contributed by atoms with Crippen LogP contribution >= 0.6 is 0 Å². The molecule has 11 nitrogen and oxygen atoms in total. The van der Waals surface area contributed by atoms with Gasteiger partial charge in [0.05, 0.1) is 18.8 Å². The van der Waals surface area contributed by atoms with Gasteiger partial charge in [0.1, 0.15) is 16.4 Å². The minimum atomic E-state index is -4.30. The molecule has 0 aliphatic carbocycles. The van der Waals surface area contributed by atoms with Gasteiger partial charge in [0.25, 0.3) is 15.9 Å². The van der Waals surface area contributed by atoms with Crippen LogP contribution in [0.4, 0.5) is 5.69 Å². The highest BCUT2D eigenvalue weighted by atomic mass is 32.2. The predicted octanol–water partition coefficient (Wildman–Crippen LogP) is 1.78. The minimum Gasteiger partial charge on any atom is -0.495 e. The van der Waals surface area contributed by atoms with Crippen LogP contribution in [0.2, 0.25) is 0 Å². The number of hydrogen-bond donors (Lipinski definition) is 0. The average Bonchev–Trinajstić information content (AvgIpc) is 3.38. The van der Waals surface area contributed by atoms with Gasteiger partial charge in [-0.25, -0.2) is 14.7 Å². The lowest BCUT2D eigenvalue weighted by atomic mass is 10.2. The van der Waals surface area contributed by atoms with E-state index in [1.807, 2.05) is 13.0 Å². The van der Waals surface area contributed by atoms with E-state index >= 15 is 0 Å². The highest BCUT2D eigenvalue weighted by Gasteiger charge is 2.41. The Balaban J connectivity index is 1.78. The van der Waals surface area contributed by atoms with Gasteiger partial charge in [0.2, 0.25) is 0 Å². The van der Waals surface area contributed by atoms with Crippen molar-refractivity contribution in [3.05, 3.63) is 48.5 Å². The second-order valence-electron chi connectivity index (χ2n) is 7.34. The Kier molecular flexibility index (Phi) is 5.95. The van der Waals surface area contributed by atoms with Gasteiger partial charge in [-0.15, -0.1) is 5.10 Å². The number of rotatable bonds is 6. The first-order valence-electron chi connectivity index (χ1n) is 10.2. The summed E-state index contributed by atoms with van der Waals surface area (Å²) in [6, 6.07) is 13.0. The van der Waals surface area contributed by atoms with Crippen LogP contribution in [-0.4, -0.2) is 65.5 Å². The summed E-state index contributed by atoms with van der Waals surface area (Å²) >= 11 is 0. The van der Waals surface area contributed by atoms with E-state index in [4.69, 9.17) is 4.74 Å². The fourth-order valence-electron chi connectivity index (χ4n) is 3.58. The quantitative estimate of drug-likeness (QED) is 0.535. The van der Waals surface area contributed by atoms with Gasteiger partial charge in [-0.3, -0.25) is 4.79 Å². The molecule has 1 aromatic heterocycles. The maximum atomic E-state index is 13.4. The van der Waals surface area contributed by atoms with E-state index in [9.17, 15) is 13.2 Å². The number of sulfonamides is 1. The molecule has 0 radical (unpaired) electrons. The van der Waals surface area contributed by atoms with E-state index in [-0.39, 0.29) is 16.4 Å². The largest absolute Gasteiger partial charge is 0.495 e. The molecule has 2 heterocycles. The van der Waals surface area contributed by atoms with Crippen LogP contribution in [0, 0.1) is 0 Å². The molecule has 0 N–H and O–H groups in total. The average molecular weight is 470 g/mol. The van der Waals surface area contributed by atoms with Gasteiger partial charge in [0, 0.05) is 19.2 Å². The number of benzene rings is 2. The zero-order valence-electron chi connectivity index (χ0n) is 18.6. The number of carbonyl (C=O) groups excluding carboxylic acids is 1. The summed E-state index contributed by atoms with van der Waals surface area (Å²) in [6.07, 6.45) is 0. The van der Waals surface area contributed by atoms with Crippen LogP contribution in [0.25, 0.3) is 11.4 Å². The summed E-state index contributed by atoms with van der Waals surface area (Å²) in [5.41, 5.74) is 1.01. The zero-order chi connectivity index (χ0) is 23.8. The van der Waals surface area contributed by atoms with Crippen molar-refractivity contribution < 1.29 is 17.9 Å². The van der Waals surface area contributed by atoms with Crippen LogP contribution < -0.4 is 9.75 Å². The van der Waals surface area contributed by atoms with Crippen LogP contribution in [0.5, 0.6) is 5.75 Å². The fraction of sp³-hybridized carbons (Fsp3) is 0.286. The maximum Gasteiger partial charge on any atom is 0.289 e. The number of aryl methyl sites for hydroxylation is 1. The van der Waals surface area contributed by atoms with Crippen molar-refractivity contribution >= 4 is 27.3 Å². The molecular weight excluding hydrogens is 446 g/mol. The predicted molar refractivity (Wildman–Crippen MR) is 121 cm³/mol. The van der Waals surface area contributed by atoms with Crippen molar-refractivity contribution in [2.24, 2.45) is 4.40 Å². The molecule has 1 aliphatic heterocycles. The van der Waals surface area contributed by atoms with Crippen molar-refractivity contribution in [3.63, 3.8) is 0 Å². The van der Waals surface area contributed by atoms with Crippen LogP contribution in [0.1, 0.15) is 13.8 Å². The third-order valence-corrected chi connectivity index (χ3v) is 6.75. The molecule has 1 amide bonds. The molecule has 3 aromatic rings. The molecule has 2 aromatic carbocycles. The van der Waals surface area contributed by atoms with Crippen molar-refractivity contribution in [3.8, 4) is 17.1 Å². The summed E-state index contributed by atoms with van der Waals surface area (Å²) in [4.78, 5) is 13.0. The highest BCUT2D eigenvalue weighted by molar-refractivity contribution is 7.90. The number of hydrogen-bond acceptors (Lipinski definition) is 8. The van der Waals surface area contributed by atoms with Gasteiger partial charge >= 0.3 is 0 Å². The molecule has 172 valence electrons. The van der Waals surface area contributed by atoms with Crippen molar-refractivity contribution in [1.29, 1.82) is 0 Å². The maximum absolute atomic E-state index is 13.4. The lowest BCUT2D eigenvalue weighted by molar-refractivity contribution is -0.113. The number of carbonyl (C=O) groups is 1. The second kappa shape index (κ2) is 8.71. The molecule has 0 bridgehead atoms. The Hall–Kier alpha value is -3.64. The number of tetrazole rings is 1. The topological polar surface area (TPSA) is 123 Å². The molecule has 0 spiro atoms. The smallest absolute Gasteiger partial charge is 0.289 e. The first-order valence-corrected chi connectivity index (χ1v) is 11.6. The summed E-state index contributed by atoms with van der Waals surface area (Å²) in [6.45, 7) is 4.10. The summed E-state index contributed by atoms with van der Waals surface area (Å²) in [5.74, 6) is -0.000586. The Labute approximate surface area is 191 Å². The number of amides is 1. The van der Waals surface area contributed by atoms with E-state index < -0.39 is 22.0 Å². The van der Waals surface area contributed by atoms with Gasteiger partial charge in [-0.1, -0.05) is 18.2 Å². The minimum absolute atomic E-state index is 0.0906. The van der Waals surface area contributed by atoms with Crippen LogP contribution in [0.15, 0.2) is 57.8 Å². The first-order chi connectivity index (χ1) is 15.8. The van der Waals surface area contributed by atoms with E-state index in [1.54, 1.807) is 54.0 Å². The van der Waals surface area contributed by atoms with Crippen molar-refractivity contribution in [1.82, 2.24) is 25.2 Å². The third-order valence-electron chi connectivity index (χ3n) is 5.43. The normalized spacial score (nSPS) is 18.3. The molecule has 1 fully saturated rings. The Morgan fingerprint density at radius 2 is 1.88 bits per heavy atom. The number of para-hydroxylation sites is 1. The molecular formula is C21H23N7O4S. The van der Waals surface area contributed by atoms with E-state index in [2.05, 4.69) is 19.9 Å². The van der Waals surface area contributed by atoms with Gasteiger partial charge in [0.15, 0.2) is 5.82 Å². The fourth-order valence-corrected chi connectivity index (χ4v) is 4.85. The third kappa shape index (κ3) is 3.98.